The summed E-state index contributed by atoms with van der Waals surface area (Å²) in [5.41, 5.74) is 10.9. The molecule has 0 saturated heterocycles. The quantitative estimate of drug-likeness (QED) is 0.432. The number of amidine groups is 1. The molecule has 0 fully saturated rings. The average molecular weight is 460 g/mol. The number of benzene rings is 1. The Kier molecular flexibility index (Phi) is 5.20. The number of nitrogens with two attached hydrogens (primary N) is 2. The zero-order chi connectivity index (χ0) is 24.1. The van der Waals surface area contributed by atoms with Crippen molar-refractivity contribution in [2.24, 2.45) is 16.5 Å². The van der Waals surface area contributed by atoms with Gasteiger partial charge < -0.3 is 21.9 Å². The van der Waals surface area contributed by atoms with Crippen LogP contribution in [0.25, 0.3) is 5.52 Å². The van der Waals surface area contributed by atoms with E-state index in [9.17, 15) is 23.1 Å². The highest BCUT2D eigenvalue weighted by Gasteiger charge is 2.37. The maximum atomic E-state index is 14.2. The molecule has 172 valence electrons. The number of imidazole rings is 1. The molecule has 13 heteroatoms. The molecule has 1 amide bonds. The average Bonchev–Trinajstić information content (AvgIpc) is 3.11. The van der Waals surface area contributed by atoms with Gasteiger partial charge in [0.15, 0.2) is 23.1 Å². The van der Waals surface area contributed by atoms with Gasteiger partial charge in [-0.15, -0.1) is 0 Å². The van der Waals surface area contributed by atoms with Crippen molar-refractivity contribution in [2.45, 2.75) is 19.0 Å². The fraction of sp³-hybridized carbons (Fsp3) is 0.200. The Morgan fingerprint density at radius 1 is 1.27 bits per heavy atom. The van der Waals surface area contributed by atoms with Crippen molar-refractivity contribution in [3.05, 3.63) is 76.5 Å². The molecule has 3 aromatic rings. The zero-order valence-electron chi connectivity index (χ0n) is 17.5. The third kappa shape index (κ3) is 3.71. The number of carbonyl (C=O) groups is 1. The van der Waals surface area contributed by atoms with Crippen molar-refractivity contribution in [1.29, 1.82) is 0 Å². The number of amides is 1. The van der Waals surface area contributed by atoms with E-state index in [2.05, 4.69) is 20.4 Å². The van der Waals surface area contributed by atoms with Gasteiger partial charge in [0.2, 0.25) is 0 Å². The van der Waals surface area contributed by atoms with Crippen LogP contribution in [0.2, 0.25) is 0 Å². The predicted molar refractivity (Wildman–Crippen MR) is 111 cm³/mol. The van der Waals surface area contributed by atoms with Gasteiger partial charge in [-0.1, -0.05) is 0 Å². The van der Waals surface area contributed by atoms with E-state index in [0.29, 0.717) is 11.6 Å². The van der Waals surface area contributed by atoms with E-state index in [4.69, 9.17) is 11.5 Å². The van der Waals surface area contributed by atoms with Crippen molar-refractivity contribution >= 4 is 17.4 Å². The minimum absolute atomic E-state index is 0.0181. The molecule has 4 rings (SSSR count). The Hall–Kier alpha value is -4.13. The van der Waals surface area contributed by atoms with E-state index >= 15 is 0 Å². The van der Waals surface area contributed by atoms with Crippen molar-refractivity contribution in [3.63, 3.8) is 0 Å². The highest BCUT2D eigenvalue weighted by atomic mass is 19.2. The van der Waals surface area contributed by atoms with Crippen LogP contribution >= 0.6 is 0 Å². The van der Waals surface area contributed by atoms with Crippen LogP contribution in [0.1, 0.15) is 24.0 Å². The van der Waals surface area contributed by atoms with E-state index in [1.54, 1.807) is 12.1 Å². The smallest absolute Gasteiger partial charge is 0.411 e. The Bertz CT molecular complexity index is 1350. The van der Waals surface area contributed by atoms with Crippen LogP contribution in [0.5, 0.6) is 0 Å². The molecule has 10 nitrogen and oxygen atoms in total. The Morgan fingerprint density at radius 3 is 2.64 bits per heavy atom. The van der Waals surface area contributed by atoms with Crippen LogP contribution in [0.15, 0.2) is 47.0 Å². The Morgan fingerprint density at radius 2 is 1.97 bits per heavy atom. The molecule has 0 saturated carbocycles. The third-order valence-corrected chi connectivity index (χ3v) is 5.13. The molecule has 1 unspecified atom stereocenters. The normalized spacial score (nSPS) is 18.3. The molecule has 0 spiro atoms. The summed E-state index contributed by atoms with van der Waals surface area (Å²) in [6.45, 7) is 1.46. The second kappa shape index (κ2) is 7.78. The van der Waals surface area contributed by atoms with E-state index in [-0.39, 0.29) is 28.9 Å². The Labute approximate surface area is 185 Å². The lowest BCUT2D eigenvalue weighted by molar-refractivity contribution is 0.160. The van der Waals surface area contributed by atoms with Gasteiger partial charge in [0.1, 0.15) is 28.9 Å². The lowest BCUT2D eigenvalue weighted by Crippen LogP contribution is -2.53. The number of halogens is 3. The number of nitrogens with one attached hydrogen (secondary N) is 1. The summed E-state index contributed by atoms with van der Waals surface area (Å²) < 4.78 is 43.5. The summed E-state index contributed by atoms with van der Waals surface area (Å²) in [6.07, 6.45) is -0.250. The number of likely N-dealkylation sites (N-methyl/N-ethyl adjacent to an activating group) is 1. The van der Waals surface area contributed by atoms with E-state index in [0.717, 1.165) is 11.0 Å². The molecule has 1 atom stereocenters. The summed E-state index contributed by atoms with van der Waals surface area (Å²) in [5.74, 6) is -3.31. The lowest BCUT2D eigenvalue weighted by atomic mass is 10.1. The summed E-state index contributed by atoms with van der Waals surface area (Å²) >= 11 is 0. The molecule has 0 bridgehead atoms. The number of aliphatic imine (C=N–C) groups is 1. The number of fused-ring (bicyclic) bond motifs is 1. The first-order valence-electron chi connectivity index (χ1n) is 9.59. The third-order valence-electron chi connectivity index (χ3n) is 5.13. The van der Waals surface area contributed by atoms with Crippen molar-refractivity contribution in [3.8, 4) is 0 Å². The van der Waals surface area contributed by atoms with Gasteiger partial charge in [0.05, 0.1) is 5.52 Å². The maximum Gasteiger partial charge on any atom is 0.411 e. The van der Waals surface area contributed by atoms with Crippen LogP contribution in [0.4, 0.5) is 18.0 Å². The molecular formula is C20H19F3N8O2. The molecule has 0 aliphatic carbocycles. The van der Waals surface area contributed by atoms with Crippen LogP contribution in [-0.2, 0) is 6.42 Å². The first kappa shape index (κ1) is 22.1. The number of nitrogens with zero attached hydrogens (tertiary/aromatic N) is 5. The number of carboxylic acid groups (broad SMARTS) is 1. The minimum Gasteiger partial charge on any atom is -0.465 e. The molecule has 33 heavy (non-hydrogen) atoms. The second-order valence-corrected chi connectivity index (χ2v) is 7.53. The molecule has 1 aliphatic heterocycles. The van der Waals surface area contributed by atoms with Gasteiger partial charge in [0, 0.05) is 25.2 Å². The predicted octanol–water partition coefficient (Wildman–Crippen LogP) is 1.50. The fourth-order valence-electron chi connectivity index (χ4n) is 3.67. The number of hydrogen-bond acceptors (Lipinski definition) is 7. The first-order chi connectivity index (χ1) is 15.5. The van der Waals surface area contributed by atoms with Gasteiger partial charge in [-0.3, -0.25) is 4.90 Å². The van der Waals surface area contributed by atoms with Crippen LogP contribution in [0.3, 0.4) is 0 Å². The van der Waals surface area contributed by atoms with E-state index in [1.165, 1.54) is 24.7 Å². The first-order valence-corrected chi connectivity index (χ1v) is 9.59. The Balaban J connectivity index is 1.82. The van der Waals surface area contributed by atoms with E-state index < -0.39 is 41.2 Å². The molecule has 0 radical (unpaired) electrons. The number of hydrogen-bond donors (Lipinski definition) is 4. The van der Waals surface area contributed by atoms with Gasteiger partial charge >= 0.3 is 6.09 Å². The monoisotopic (exact) mass is 460 g/mol. The van der Waals surface area contributed by atoms with E-state index in [1.807, 2.05) is 0 Å². The maximum absolute atomic E-state index is 14.2. The molecule has 2 aromatic heterocycles. The topological polar surface area (TPSA) is 147 Å². The zero-order valence-corrected chi connectivity index (χ0v) is 17.5. The summed E-state index contributed by atoms with van der Waals surface area (Å²) in [5, 5.41) is 16.3. The number of rotatable bonds is 4. The van der Waals surface area contributed by atoms with Crippen molar-refractivity contribution in [2.75, 3.05) is 7.05 Å². The van der Waals surface area contributed by atoms with Crippen LogP contribution in [0, 0.1) is 17.5 Å². The molecule has 3 heterocycles. The minimum atomic E-state index is -1.54. The number of aromatic nitrogens is 3. The summed E-state index contributed by atoms with van der Waals surface area (Å²) in [7, 11) is 1.27. The largest absolute Gasteiger partial charge is 0.465 e. The molecule has 6 N–H and O–H groups in total. The van der Waals surface area contributed by atoms with Gasteiger partial charge in [-0.2, -0.15) is 5.10 Å². The SMILES string of the molecule is CN(C(=O)O)C1=C(N)NC(c2nc(Cc3c(F)ccc(F)c3F)n3ncccc23)=NC1(C)N. The molecular weight excluding hydrogens is 441 g/mol. The highest BCUT2D eigenvalue weighted by molar-refractivity contribution is 6.04. The second-order valence-electron chi connectivity index (χ2n) is 7.53. The van der Waals surface area contributed by atoms with Crippen LogP contribution in [-0.4, -0.2) is 49.2 Å². The standard InChI is InChI=1S/C20H19F3N8O2/c1-20(25)16(30(2)19(32)33)17(24)28-18(29-20)15-12-4-3-7-26-31(12)13(27-15)8-9-10(21)5-6-11(22)14(9)23/h3-7H,8,24-25H2,1-2H3,(H,28,29)(H,32,33). The van der Waals surface area contributed by atoms with Crippen molar-refractivity contribution in [1.82, 2.24) is 24.8 Å². The van der Waals surface area contributed by atoms with Gasteiger partial charge in [-0.25, -0.2) is 32.5 Å². The highest BCUT2D eigenvalue weighted by Crippen LogP contribution is 2.26. The summed E-state index contributed by atoms with van der Waals surface area (Å²) in [4.78, 5) is 21.0. The van der Waals surface area contributed by atoms with Crippen molar-refractivity contribution < 1.29 is 23.1 Å². The summed E-state index contributed by atoms with van der Waals surface area (Å²) in [6, 6.07) is 4.77. The fourth-order valence-corrected chi connectivity index (χ4v) is 3.67. The van der Waals surface area contributed by atoms with Gasteiger partial charge in [0.25, 0.3) is 0 Å². The molecule has 1 aromatic carbocycles. The van der Waals surface area contributed by atoms with Gasteiger partial charge in [-0.05, 0) is 31.2 Å². The van der Waals surface area contributed by atoms with Crippen LogP contribution < -0.4 is 16.8 Å². The lowest BCUT2D eigenvalue weighted by Gasteiger charge is -2.34. The molecule has 1 aliphatic rings.